The van der Waals surface area contributed by atoms with Crippen LogP contribution in [0.4, 0.5) is 5.82 Å². The van der Waals surface area contributed by atoms with Crippen molar-refractivity contribution in [2.45, 2.75) is 45.6 Å². The molecule has 2 heterocycles. The lowest BCUT2D eigenvalue weighted by Crippen LogP contribution is -2.04. The smallest absolute Gasteiger partial charge is 0.184 e. The molecular formula is C17H22N6. The zero-order valence-electron chi connectivity index (χ0n) is 13.4. The molecular weight excluding hydrogens is 288 g/mol. The lowest BCUT2D eigenvalue weighted by atomic mass is 10.1. The predicted octanol–water partition coefficient (Wildman–Crippen LogP) is 3.44. The predicted molar refractivity (Wildman–Crippen MR) is 91.7 cm³/mol. The fraction of sp³-hybridized carbons (Fsp3) is 0.412. The van der Waals surface area contributed by atoms with E-state index in [-0.39, 0.29) is 0 Å². The SMILES string of the molecule is CCCCCCCn1nnc2c(N)nc(-c3ccccc3)nc21. The van der Waals surface area contributed by atoms with Crippen LogP contribution in [0, 0.1) is 0 Å². The second-order valence-electron chi connectivity index (χ2n) is 5.70. The molecule has 0 radical (unpaired) electrons. The number of fused-ring (bicyclic) bond motifs is 1. The molecule has 0 unspecified atom stereocenters. The molecule has 23 heavy (non-hydrogen) atoms. The highest BCUT2D eigenvalue weighted by Gasteiger charge is 2.13. The lowest BCUT2D eigenvalue weighted by Gasteiger charge is -2.04. The summed E-state index contributed by atoms with van der Waals surface area (Å²) in [5, 5.41) is 8.32. The van der Waals surface area contributed by atoms with E-state index in [9.17, 15) is 0 Å². The third-order valence-corrected chi connectivity index (χ3v) is 3.90. The van der Waals surface area contributed by atoms with Gasteiger partial charge in [0.2, 0.25) is 0 Å². The summed E-state index contributed by atoms with van der Waals surface area (Å²) in [6.45, 7) is 3.03. The van der Waals surface area contributed by atoms with E-state index < -0.39 is 0 Å². The Labute approximate surface area is 135 Å². The minimum absolute atomic E-state index is 0.381. The van der Waals surface area contributed by atoms with E-state index in [1.54, 1.807) is 0 Å². The number of rotatable bonds is 7. The van der Waals surface area contributed by atoms with Gasteiger partial charge in [-0.1, -0.05) is 68.2 Å². The van der Waals surface area contributed by atoms with Crippen LogP contribution in [-0.2, 0) is 6.54 Å². The summed E-state index contributed by atoms with van der Waals surface area (Å²) in [5.41, 5.74) is 8.27. The van der Waals surface area contributed by atoms with Crippen molar-refractivity contribution in [1.29, 1.82) is 0 Å². The van der Waals surface area contributed by atoms with Gasteiger partial charge in [-0.15, -0.1) is 5.10 Å². The number of nitrogens with two attached hydrogens (primary N) is 1. The Morgan fingerprint density at radius 2 is 1.78 bits per heavy atom. The van der Waals surface area contributed by atoms with Gasteiger partial charge in [0.15, 0.2) is 22.8 Å². The molecule has 0 spiro atoms. The van der Waals surface area contributed by atoms with Gasteiger partial charge in [0, 0.05) is 12.1 Å². The summed E-state index contributed by atoms with van der Waals surface area (Å²) in [7, 11) is 0. The fourth-order valence-corrected chi connectivity index (χ4v) is 2.61. The summed E-state index contributed by atoms with van der Waals surface area (Å²) in [6.07, 6.45) is 6.06. The molecule has 0 saturated heterocycles. The molecule has 120 valence electrons. The Kier molecular flexibility index (Phi) is 4.80. The molecule has 3 rings (SSSR count). The number of nitrogens with zero attached hydrogens (tertiary/aromatic N) is 5. The van der Waals surface area contributed by atoms with Crippen molar-refractivity contribution in [1.82, 2.24) is 25.0 Å². The first-order valence-corrected chi connectivity index (χ1v) is 8.21. The van der Waals surface area contributed by atoms with E-state index >= 15 is 0 Å². The first-order chi connectivity index (χ1) is 11.3. The summed E-state index contributed by atoms with van der Waals surface area (Å²) in [6, 6.07) is 9.83. The maximum atomic E-state index is 6.04. The first-order valence-electron chi connectivity index (χ1n) is 8.21. The van der Waals surface area contributed by atoms with E-state index in [1.807, 2.05) is 35.0 Å². The van der Waals surface area contributed by atoms with Gasteiger partial charge in [0.25, 0.3) is 0 Å². The van der Waals surface area contributed by atoms with Crippen molar-refractivity contribution in [2.75, 3.05) is 5.73 Å². The monoisotopic (exact) mass is 310 g/mol. The van der Waals surface area contributed by atoms with Crippen LogP contribution in [0.15, 0.2) is 30.3 Å². The molecule has 0 atom stereocenters. The van der Waals surface area contributed by atoms with E-state index in [1.165, 1.54) is 25.7 Å². The highest BCUT2D eigenvalue weighted by Crippen LogP contribution is 2.21. The van der Waals surface area contributed by atoms with Crippen molar-refractivity contribution in [3.05, 3.63) is 30.3 Å². The molecule has 6 nitrogen and oxygen atoms in total. The summed E-state index contributed by atoms with van der Waals surface area (Å²) in [4.78, 5) is 8.98. The number of benzene rings is 1. The number of hydrogen-bond acceptors (Lipinski definition) is 5. The van der Waals surface area contributed by atoms with Gasteiger partial charge in [-0.05, 0) is 6.42 Å². The fourth-order valence-electron chi connectivity index (χ4n) is 2.61. The Morgan fingerprint density at radius 1 is 1.00 bits per heavy atom. The minimum atomic E-state index is 0.381. The van der Waals surface area contributed by atoms with Gasteiger partial charge in [-0.3, -0.25) is 0 Å². The van der Waals surface area contributed by atoms with Gasteiger partial charge in [0.05, 0.1) is 0 Å². The maximum absolute atomic E-state index is 6.04. The minimum Gasteiger partial charge on any atom is -0.382 e. The number of nitrogen functional groups attached to an aromatic ring is 1. The number of aromatic nitrogens is 5. The quantitative estimate of drug-likeness (QED) is 0.676. The van der Waals surface area contributed by atoms with Gasteiger partial charge in [-0.25, -0.2) is 14.6 Å². The van der Waals surface area contributed by atoms with Crippen molar-refractivity contribution in [3.8, 4) is 11.4 Å². The van der Waals surface area contributed by atoms with E-state index in [4.69, 9.17) is 5.73 Å². The largest absolute Gasteiger partial charge is 0.382 e. The topological polar surface area (TPSA) is 82.5 Å². The average Bonchev–Trinajstić information content (AvgIpc) is 2.99. The Bertz CT molecular complexity index is 765. The van der Waals surface area contributed by atoms with Gasteiger partial charge < -0.3 is 5.73 Å². The van der Waals surface area contributed by atoms with E-state index in [0.717, 1.165) is 18.5 Å². The van der Waals surface area contributed by atoms with Crippen molar-refractivity contribution >= 4 is 17.0 Å². The molecule has 0 aliphatic heterocycles. The van der Waals surface area contributed by atoms with Crippen LogP contribution in [0.5, 0.6) is 0 Å². The van der Waals surface area contributed by atoms with E-state index in [2.05, 4.69) is 27.2 Å². The van der Waals surface area contributed by atoms with Gasteiger partial charge in [-0.2, -0.15) is 0 Å². The average molecular weight is 310 g/mol. The molecule has 1 aromatic carbocycles. The standard InChI is InChI=1S/C17H22N6/c1-2-3-4-5-9-12-23-17-14(21-22-23)15(18)19-16(20-17)13-10-7-6-8-11-13/h6-8,10-11H,2-5,9,12H2,1H3,(H2,18,19,20). The summed E-state index contributed by atoms with van der Waals surface area (Å²) < 4.78 is 1.84. The zero-order chi connectivity index (χ0) is 16.1. The van der Waals surface area contributed by atoms with E-state index in [0.29, 0.717) is 22.8 Å². The third-order valence-electron chi connectivity index (χ3n) is 3.90. The second kappa shape index (κ2) is 7.17. The highest BCUT2D eigenvalue weighted by atomic mass is 15.4. The zero-order valence-corrected chi connectivity index (χ0v) is 13.4. The molecule has 0 fully saturated rings. The summed E-state index contributed by atoms with van der Waals surface area (Å²) in [5.74, 6) is 0.996. The lowest BCUT2D eigenvalue weighted by molar-refractivity contribution is 0.529. The van der Waals surface area contributed by atoms with Crippen LogP contribution in [0.2, 0.25) is 0 Å². The number of unbranched alkanes of at least 4 members (excludes halogenated alkanes) is 4. The number of aryl methyl sites for hydroxylation is 1. The highest BCUT2D eigenvalue weighted by molar-refractivity contribution is 5.82. The van der Waals surface area contributed by atoms with Crippen LogP contribution in [0.1, 0.15) is 39.0 Å². The van der Waals surface area contributed by atoms with Gasteiger partial charge in [0.1, 0.15) is 0 Å². The van der Waals surface area contributed by atoms with Crippen LogP contribution < -0.4 is 5.73 Å². The van der Waals surface area contributed by atoms with Crippen LogP contribution in [0.3, 0.4) is 0 Å². The third kappa shape index (κ3) is 3.47. The van der Waals surface area contributed by atoms with Crippen LogP contribution >= 0.6 is 0 Å². The second-order valence-corrected chi connectivity index (χ2v) is 5.70. The maximum Gasteiger partial charge on any atom is 0.184 e. The Morgan fingerprint density at radius 3 is 2.57 bits per heavy atom. The number of hydrogen-bond donors (Lipinski definition) is 1. The molecule has 0 aliphatic rings. The van der Waals surface area contributed by atoms with Gasteiger partial charge >= 0.3 is 0 Å². The normalized spacial score (nSPS) is 11.2. The Balaban J connectivity index is 1.84. The molecule has 6 heteroatoms. The molecule has 2 N–H and O–H groups in total. The van der Waals surface area contributed by atoms with Crippen molar-refractivity contribution in [3.63, 3.8) is 0 Å². The Hall–Kier alpha value is -2.50. The molecule has 0 saturated carbocycles. The first kappa shape index (κ1) is 15.4. The molecule has 3 aromatic rings. The summed E-state index contributed by atoms with van der Waals surface area (Å²) >= 11 is 0. The van der Waals surface area contributed by atoms with Crippen LogP contribution in [-0.4, -0.2) is 25.0 Å². The molecule has 0 bridgehead atoms. The number of anilines is 1. The van der Waals surface area contributed by atoms with Crippen molar-refractivity contribution in [2.24, 2.45) is 0 Å². The molecule has 0 aliphatic carbocycles. The van der Waals surface area contributed by atoms with Crippen LogP contribution in [0.25, 0.3) is 22.6 Å². The molecule has 0 amide bonds. The van der Waals surface area contributed by atoms with Crippen molar-refractivity contribution < 1.29 is 0 Å². The molecule has 2 aromatic heterocycles.